The Balaban J connectivity index is 0.00000200. The lowest BCUT2D eigenvalue weighted by Gasteiger charge is -2.37. The van der Waals surface area contributed by atoms with Crippen molar-refractivity contribution in [2.75, 3.05) is 32.4 Å². The lowest BCUT2D eigenvalue weighted by Crippen LogP contribution is -2.55. The molecule has 2 rings (SSSR count). The van der Waals surface area contributed by atoms with E-state index in [2.05, 4.69) is 14.9 Å². The molecule has 5 nitrogen and oxygen atoms in total. The molecule has 1 heterocycles. The Bertz CT molecular complexity index is 370. The van der Waals surface area contributed by atoms with Crippen LogP contribution in [0.2, 0.25) is 0 Å². The standard InChI is InChI=1S/C13H27N3O2S.2ClH/c1-19(17,18)15-13(16-9-7-14-8-10-16)11-12-5-3-2-4-6-12;;/h12-15H,2-11H2,1H3;2*1H. The third-order valence-corrected chi connectivity index (χ3v) is 4.92. The van der Waals surface area contributed by atoms with Crippen LogP contribution in [0.5, 0.6) is 0 Å². The summed E-state index contributed by atoms with van der Waals surface area (Å²) in [5.74, 6) is 0.683. The first-order valence-corrected chi connectivity index (χ1v) is 9.36. The molecule has 0 aromatic heterocycles. The third-order valence-electron chi connectivity index (χ3n) is 4.22. The van der Waals surface area contributed by atoms with E-state index in [0.717, 1.165) is 32.6 Å². The minimum absolute atomic E-state index is 0. The molecule has 1 aliphatic carbocycles. The van der Waals surface area contributed by atoms with Crippen molar-refractivity contribution < 1.29 is 8.42 Å². The average molecular weight is 362 g/mol. The van der Waals surface area contributed by atoms with Crippen LogP contribution in [0.15, 0.2) is 0 Å². The molecule has 1 saturated heterocycles. The second-order valence-corrected chi connectivity index (χ2v) is 7.71. The van der Waals surface area contributed by atoms with Crippen LogP contribution in [-0.4, -0.2) is 51.9 Å². The van der Waals surface area contributed by atoms with Gasteiger partial charge in [-0.15, -0.1) is 24.8 Å². The molecule has 128 valence electrons. The second-order valence-electron chi connectivity index (χ2n) is 5.93. The summed E-state index contributed by atoms with van der Waals surface area (Å²) in [5, 5.41) is 3.32. The highest BCUT2D eigenvalue weighted by Gasteiger charge is 2.26. The molecule has 0 aromatic carbocycles. The van der Waals surface area contributed by atoms with Gasteiger partial charge in [0.2, 0.25) is 10.0 Å². The number of halogens is 2. The smallest absolute Gasteiger partial charge is 0.210 e. The number of piperazine rings is 1. The van der Waals surface area contributed by atoms with Gasteiger partial charge in [0.25, 0.3) is 0 Å². The first-order chi connectivity index (χ1) is 9.04. The predicted octanol–water partition coefficient (Wildman–Crippen LogP) is 1.58. The molecule has 0 radical (unpaired) electrons. The van der Waals surface area contributed by atoms with Gasteiger partial charge in [-0.05, 0) is 12.3 Å². The molecule has 2 fully saturated rings. The van der Waals surface area contributed by atoms with Crippen molar-refractivity contribution in [3.63, 3.8) is 0 Å². The van der Waals surface area contributed by atoms with Gasteiger partial charge in [-0.2, -0.15) is 4.72 Å². The lowest BCUT2D eigenvalue weighted by molar-refractivity contribution is 0.131. The van der Waals surface area contributed by atoms with Crippen LogP contribution in [0.3, 0.4) is 0 Å². The van der Waals surface area contributed by atoms with Crippen molar-refractivity contribution in [1.29, 1.82) is 0 Å². The van der Waals surface area contributed by atoms with Crippen molar-refractivity contribution in [3.8, 4) is 0 Å². The second kappa shape index (κ2) is 10.2. The fourth-order valence-corrected chi connectivity index (χ4v) is 3.99. The molecule has 0 bridgehead atoms. The average Bonchev–Trinajstić information content (AvgIpc) is 2.39. The number of rotatable bonds is 5. The molecular weight excluding hydrogens is 333 g/mol. The van der Waals surface area contributed by atoms with E-state index in [-0.39, 0.29) is 31.0 Å². The highest BCUT2D eigenvalue weighted by molar-refractivity contribution is 7.88. The molecule has 1 atom stereocenters. The fraction of sp³-hybridized carbons (Fsp3) is 1.00. The van der Waals surface area contributed by atoms with Crippen molar-refractivity contribution in [1.82, 2.24) is 14.9 Å². The van der Waals surface area contributed by atoms with Gasteiger partial charge in [-0.1, -0.05) is 32.1 Å². The van der Waals surface area contributed by atoms with Gasteiger partial charge in [0.15, 0.2) is 0 Å². The van der Waals surface area contributed by atoms with Gasteiger partial charge in [0.05, 0.1) is 12.4 Å². The van der Waals surface area contributed by atoms with Crippen molar-refractivity contribution in [3.05, 3.63) is 0 Å². The first-order valence-electron chi connectivity index (χ1n) is 7.47. The van der Waals surface area contributed by atoms with Gasteiger partial charge in [0.1, 0.15) is 0 Å². The summed E-state index contributed by atoms with van der Waals surface area (Å²) in [6.45, 7) is 3.76. The summed E-state index contributed by atoms with van der Waals surface area (Å²) >= 11 is 0. The molecule has 0 amide bonds. The summed E-state index contributed by atoms with van der Waals surface area (Å²) in [5.41, 5.74) is 0. The van der Waals surface area contributed by atoms with E-state index in [0.29, 0.717) is 5.92 Å². The molecule has 2 N–H and O–H groups in total. The van der Waals surface area contributed by atoms with Crippen LogP contribution >= 0.6 is 24.8 Å². The topological polar surface area (TPSA) is 61.4 Å². The summed E-state index contributed by atoms with van der Waals surface area (Å²) in [7, 11) is -3.14. The number of hydrogen-bond acceptors (Lipinski definition) is 4. The number of sulfonamides is 1. The molecule has 1 unspecified atom stereocenters. The summed E-state index contributed by atoms with van der Waals surface area (Å²) in [6, 6.07) is 0. The SMILES string of the molecule is CS(=O)(=O)NC(CC1CCCCC1)N1CCNCC1.Cl.Cl. The fourth-order valence-electron chi connectivity index (χ4n) is 3.25. The largest absolute Gasteiger partial charge is 0.314 e. The maximum Gasteiger partial charge on any atom is 0.210 e. The van der Waals surface area contributed by atoms with Crippen LogP contribution in [0.1, 0.15) is 38.5 Å². The highest BCUT2D eigenvalue weighted by Crippen LogP contribution is 2.28. The van der Waals surface area contributed by atoms with E-state index < -0.39 is 10.0 Å². The Morgan fingerprint density at radius 1 is 1.14 bits per heavy atom. The van der Waals surface area contributed by atoms with E-state index >= 15 is 0 Å². The Hall–Kier alpha value is 0.410. The Morgan fingerprint density at radius 2 is 1.71 bits per heavy atom. The molecule has 1 saturated carbocycles. The van der Waals surface area contributed by atoms with E-state index in [1.165, 1.54) is 38.4 Å². The zero-order chi connectivity index (χ0) is 13.7. The quantitative estimate of drug-likeness (QED) is 0.780. The van der Waals surface area contributed by atoms with Crippen LogP contribution in [0.4, 0.5) is 0 Å². The molecular formula is C13H29Cl2N3O2S. The van der Waals surface area contributed by atoms with Crippen molar-refractivity contribution >= 4 is 34.8 Å². The van der Waals surface area contributed by atoms with E-state index in [9.17, 15) is 8.42 Å². The molecule has 2 aliphatic rings. The molecule has 0 aromatic rings. The van der Waals surface area contributed by atoms with Crippen LogP contribution in [0.25, 0.3) is 0 Å². The molecule has 8 heteroatoms. The van der Waals surface area contributed by atoms with Gasteiger partial charge in [0, 0.05) is 26.2 Å². The number of hydrogen-bond donors (Lipinski definition) is 2. The Labute approximate surface area is 141 Å². The summed E-state index contributed by atoms with van der Waals surface area (Å²) < 4.78 is 26.0. The van der Waals surface area contributed by atoms with Gasteiger partial charge < -0.3 is 5.32 Å². The molecule has 1 aliphatic heterocycles. The zero-order valence-corrected chi connectivity index (χ0v) is 15.2. The summed E-state index contributed by atoms with van der Waals surface area (Å²) in [4.78, 5) is 2.28. The molecule has 21 heavy (non-hydrogen) atoms. The Morgan fingerprint density at radius 3 is 2.24 bits per heavy atom. The van der Waals surface area contributed by atoms with Gasteiger partial charge in [-0.3, -0.25) is 4.90 Å². The van der Waals surface area contributed by atoms with Gasteiger partial charge in [-0.25, -0.2) is 8.42 Å². The normalized spacial score (nSPS) is 22.9. The maximum absolute atomic E-state index is 11.6. The zero-order valence-electron chi connectivity index (χ0n) is 12.7. The van der Waals surface area contributed by atoms with Crippen molar-refractivity contribution in [2.45, 2.75) is 44.7 Å². The maximum atomic E-state index is 11.6. The van der Waals surface area contributed by atoms with E-state index in [1.807, 2.05) is 0 Å². The van der Waals surface area contributed by atoms with Crippen molar-refractivity contribution in [2.24, 2.45) is 5.92 Å². The monoisotopic (exact) mass is 361 g/mol. The van der Waals surface area contributed by atoms with Crippen LogP contribution in [0, 0.1) is 5.92 Å². The number of nitrogens with zero attached hydrogens (tertiary/aromatic N) is 1. The molecule has 0 spiro atoms. The third kappa shape index (κ3) is 8.00. The number of nitrogens with one attached hydrogen (secondary N) is 2. The first kappa shape index (κ1) is 21.4. The minimum atomic E-state index is -3.14. The minimum Gasteiger partial charge on any atom is -0.314 e. The van der Waals surface area contributed by atoms with Crippen LogP contribution in [-0.2, 0) is 10.0 Å². The predicted molar refractivity (Wildman–Crippen MR) is 91.9 cm³/mol. The Kier molecular flexibility index (Phi) is 10.4. The van der Waals surface area contributed by atoms with E-state index in [4.69, 9.17) is 0 Å². The lowest BCUT2D eigenvalue weighted by atomic mass is 9.86. The van der Waals surface area contributed by atoms with Crippen LogP contribution < -0.4 is 10.0 Å². The van der Waals surface area contributed by atoms with Gasteiger partial charge >= 0.3 is 0 Å². The highest BCUT2D eigenvalue weighted by atomic mass is 35.5. The van der Waals surface area contributed by atoms with E-state index in [1.54, 1.807) is 0 Å². The summed E-state index contributed by atoms with van der Waals surface area (Å²) in [6.07, 6.45) is 8.68.